The number of thiophene rings is 1. The monoisotopic (exact) mass is 738 g/mol. The summed E-state index contributed by atoms with van der Waals surface area (Å²) in [5.41, 5.74) is 2.21. The minimum absolute atomic E-state index is 0.0876. The van der Waals surface area contributed by atoms with Crippen LogP contribution in [-0.4, -0.2) is 68.2 Å². The largest absolute Gasteiger partial charge is 0.493 e. The van der Waals surface area contributed by atoms with Gasteiger partial charge in [0.1, 0.15) is 33.2 Å². The van der Waals surface area contributed by atoms with Crippen molar-refractivity contribution in [1.82, 2.24) is 9.80 Å². The van der Waals surface area contributed by atoms with E-state index < -0.39 is 18.1 Å². The lowest BCUT2D eigenvalue weighted by atomic mass is 9.86. The van der Waals surface area contributed by atoms with E-state index in [-0.39, 0.29) is 18.5 Å². The number of aromatic nitrogens is 1. The molecule has 264 valence electrons. The van der Waals surface area contributed by atoms with Crippen molar-refractivity contribution < 1.29 is 33.5 Å². The topological polar surface area (TPSA) is 91.7 Å². The maximum Gasteiger partial charge on any atom is 0.348 e. The molecule has 9 nitrogen and oxygen atoms in total. The first-order valence-electron chi connectivity index (χ1n) is 16.8. The van der Waals surface area contributed by atoms with Crippen molar-refractivity contribution in [3.05, 3.63) is 110 Å². The van der Waals surface area contributed by atoms with Crippen LogP contribution in [0.2, 0.25) is 10.0 Å². The highest BCUT2D eigenvalue weighted by Crippen LogP contribution is 2.37. The Bertz CT molecular complexity index is 1760. The van der Waals surface area contributed by atoms with Crippen molar-refractivity contribution in [2.45, 2.75) is 51.0 Å². The Morgan fingerprint density at radius 3 is 2.32 bits per heavy atom. The van der Waals surface area contributed by atoms with Crippen LogP contribution >= 0.6 is 34.5 Å². The zero-order valence-corrected chi connectivity index (χ0v) is 30.7. The number of methoxy groups -OCH3 is 2. The zero-order valence-electron chi connectivity index (χ0n) is 28.4. The predicted octanol–water partition coefficient (Wildman–Crippen LogP) is 7.23. The summed E-state index contributed by atoms with van der Waals surface area (Å²) in [5, 5.41) is 0.856. The van der Waals surface area contributed by atoms with Gasteiger partial charge in [-0.3, -0.25) is 9.80 Å². The van der Waals surface area contributed by atoms with Crippen molar-refractivity contribution in [2.75, 3.05) is 40.4 Å². The molecule has 7 rings (SSSR count). The molecule has 0 aliphatic carbocycles. The summed E-state index contributed by atoms with van der Waals surface area (Å²) in [6.45, 7) is 6.04. The summed E-state index contributed by atoms with van der Waals surface area (Å²) >= 11 is 14.4. The number of fused-ring (bicyclic) bond motifs is 3. The van der Waals surface area contributed by atoms with Gasteiger partial charge in [0, 0.05) is 30.0 Å². The van der Waals surface area contributed by atoms with Crippen LogP contribution in [0.3, 0.4) is 0 Å². The van der Waals surface area contributed by atoms with Crippen molar-refractivity contribution in [3.8, 4) is 11.5 Å². The fourth-order valence-electron chi connectivity index (χ4n) is 6.87. The van der Waals surface area contributed by atoms with Crippen LogP contribution in [0.4, 0.5) is 0 Å². The normalized spacial score (nSPS) is 19.5. The number of benzene rings is 2. The van der Waals surface area contributed by atoms with Crippen LogP contribution < -0.4 is 14.5 Å². The number of esters is 2. The molecule has 0 amide bonds. The van der Waals surface area contributed by atoms with Gasteiger partial charge in [-0.2, -0.15) is 0 Å². The molecule has 0 saturated carbocycles. The van der Waals surface area contributed by atoms with Gasteiger partial charge >= 0.3 is 11.9 Å². The molecule has 2 aromatic carbocycles. The lowest BCUT2D eigenvalue weighted by molar-refractivity contribution is -0.377. The Balaban J connectivity index is 1.21. The van der Waals surface area contributed by atoms with E-state index in [0.717, 1.165) is 42.9 Å². The molecular weight excluding hydrogens is 697 g/mol. The number of carbonyl (C=O) groups is 2. The maximum atomic E-state index is 13.9. The molecule has 0 spiro atoms. The Labute approximate surface area is 307 Å². The number of hydrogen-bond acceptors (Lipinski definition) is 9. The molecule has 3 aliphatic rings. The number of piperidine rings is 3. The summed E-state index contributed by atoms with van der Waals surface area (Å²) < 4.78 is 23.4. The van der Waals surface area contributed by atoms with Crippen molar-refractivity contribution in [2.24, 2.45) is 5.92 Å². The predicted molar refractivity (Wildman–Crippen MR) is 193 cm³/mol. The van der Waals surface area contributed by atoms with Crippen LogP contribution in [-0.2, 0) is 27.2 Å². The smallest absolute Gasteiger partial charge is 0.348 e. The van der Waals surface area contributed by atoms with Gasteiger partial charge in [0.25, 0.3) is 0 Å². The molecule has 2 aromatic heterocycles. The Morgan fingerprint density at radius 1 is 0.960 bits per heavy atom. The first-order chi connectivity index (χ1) is 24.3. The highest BCUT2D eigenvalue weighted by atomic mass is 35.5. The van der Waals surface area contributed by atoms with E-state index >= 15 is 0 Å². The molecule has 3 aliphatic heterocycles. The Morgan fingerprint density at radius 2 is 1.68 bits per heavy atom. The van der Waals surface area contributed by atoms with E-state index in [1.54, 1.807) is 44.8 Å². The van der Waals surface area contributed by atoms with Gasteiger partial charge in [-0.05, 0) is 73.8 Å². The van der Waals surface area contributed by atoms with Crippen LogP contribution in [0.5, 0.6) is 11.5 Å². The van der Waals surface area contributed by atoms with Crippen molar-refractivity contribution in [1.29, 1.82) is 0 Å². The van der Waals surface area contributed by atoms with Gasteiger partial charge in [-0.25, -0.2) is 14.6 Å². The third-order valence-electron chi connectivity index (χ3n) is 9.61. The molecule has 3 saturated heterocycles. The van der Waals surface area contributed by atoms with Gasteiger partial charge in [-0.1, -0.05) is 66.5 Å². The zero-order chi connectivity index (χ0) is 35.2. The van der Waals surface area contributed by atoms with Gasteiger partial charge in [0.2, 0.25) is 0 Å². The lowest BCUT2D eigenvalue weighted by Gasteiger charge is -2.44. The summed E-state index contributed by atoms with van der Waals surface area (Å²) in [5.74, 6) is 0.748. The minimum Gasteiger partial charge on any atom is -0.493 e. The Hall–Kier alpha value is -3.67. The standard InChI is InChI=1S/C38H41Cl2N3O6S/c1-4-43(36(25-8-6-5-7-9-25)38(45)49-34-23-42-16-14-24(34)15-17-42)22-27-11-13-35(50-27)37(44)48-32(19-28-29(39)20-41-21-30(28)40)26-10-12-31(46-2)33(18-26)47-3/h5-13,18,20-21,24,32,34,36H,4,14-17,19,22-23H2,1-3H3/p+1/t32-,34-,36?/m0/s1. The number of likely N-dealkylation sites (N-methyl/N-ethyl adjacent to an activating group) is 1. The molecule has 12 heteroatoms. The lowest BCUT2D eigenvalue weighted by Crippen LogP contribution is -2.52. The highest BCUT2D eigenvalue weighted by Gasteiger charge is 2.39. The maximum absolute atomic E-state index is 13.9. The molecule has 1 unspecified atom stereocenters. The van der Waals surface area contributed by atoms with E-state index in [2.05, 4.69) is 14.8 Å². The third kappa shape index (κ3) is 8.27. The average Bonchev–Trinajstić information content (AvgIpc) is 3.62. The number of nitrogens with one attached hydrogen (secondary N) is 1. The second-order valence-corrected chi connectivity index (χ2v) is 14.6. The van der Waals surface area contributed by atoms with E-state index in [9.17, 15) is 9.59 Å². The summed E-state index contributed by atoms with van der Waals surface area (Å²) in [6.07, 6.45) is 4.81. The summed E-state index contributed by atoms with van der Waals surface area (Å²) in [6, 6.07) is 18.3. The fourth-order valence-corrected chi connectivity index (χ4v) is 8.32. The number of H-pyrrole nitrogens is 1. The number of nitrogens with zero attached hydrogens (tertiary/aromatic N) is 2. The van der Waals surface area contributed by atoms with Crippen LogP contribution in [0.1, 0.15) is 63.2 Å². The van der Waals surface area contributed by atoms with E-state index in [4.69, 9.17) is 42.1 Å². The van der Waals surface area contributed by atoms with Gasteiger partial charge in [0.05, 0.1) is 14.2 Å². The van der Waals surface area contributed by atoms with Gasteiger partial charge in [-0.15, -0.1) is 11.3 Å². The van der Waals surface area contributed by atoms with Crippen LogP contribution in [0.15, 0.2) is 73.1 Å². The number of carbonyl (C=O) groups excluding carboxylic acids is 2. The third-order valence-corrected chi connectivity index (χ3v) is 11.3. The number of halogens is 2. The van der Waals surface area contributed by atoms with E-state index in [0.29, 0.717) is 56.6 Å². The summed E-state index contributed by atoms with van der Waals surface area (Å²) in [4.78, 5) is 36.4. The van der Waals surface area contributed by atoms with Crippen molar-refractivity contribution in [3.63, 3.8) is 0 Å². The highest BCUT2D eigenvalue weighted by molar-refractivity contribution is 7.13. The molecule has 3 fully saturated rings. The molecule has 1 N–H and O–H groups in total. The van der Waals surface area contributed by atoms with Crippen molar-refractivity contribution >= 4 is 46.5 Å². The molecular formula is C38H42Cl2N3O6S+. The SMILES string of the molecule is CCN(Cc1ccc(C(=O)O[C@@H](Cc2c(Cl)c[nH+]cc2Cl)c2ccc(OC)c(OC)c2)s1)C(C(=O)O[C@H]1CN2CCC1CC2)c1ccccc1. The number of rotatable bonds is 14. The quantitative estimate of drug-likeness (QED) is 0.125. The fraction of sp³-hybridized carbons (Fsp3) is 0.395. The van der Waals surface area contributed by atoms with Crippen LogP contribution in [0.25, 0.3) is 0 Å². The van der Waals surface area contributed by atoms with E-state index in [1.165, 1.54) is 11.3 Å². The minimum atomic E-state index is -0.735. The molecule has 2 bridgehead atoms. The molecule has 3 atom stereocenters. The second kappa shape index (κ2) is 16.6. The first-order valence-corrected chi connectivity index (χ1v) is 18.4. The molecule has 0 radical (unpaired) electrons. The summed E-state index contributed by atoms with van der Waals surface area (Å²) in [7, 11) is 3.11. The van der Waals surface area contributed by atoms with E-state index in [1.807, 2.05) is 49.4 Å². The number of ether oxygens (including phenoxy) is 4. The van der Waals surface area contributed by atoms with Gasteiger partial charge < -0.3 is 18.9 Å². The van der Waals surface area contributed by atoms with Crippen LogP contribution in [0, 0.1) is 5.92 Å². The first kappa shape index (κ1) is 36.1. The molecule has 5 heterocycles. The Kier molecular flexibility index (Phi) is 12.0. The number of aromatic amines is 1. The number of pyridine rings is 1. The number of hydrogen-bond donors (Lipinski definition) is 0. The molecule has 50 heavy (non-hydrogen) atoms. The molecule has 4 aromatic rings. The van der Waals surface area contributed by atoms with Gasteiger partial charge in [0.15, 0.2) is 23.9 Å². The second-order valence-electron chi connectivity index (χ2n) is 12.6. The average molecular weight is 740 g/mol.